The predicted molar refractivity (Wildman–Crippen MR) is 75.3 cm³/mol. The normalized spacial score (nSPS) is 14.4. The van der Waals surface area contributed by atoms with Gasteiger partial charge in [-0.2, -0.15) is 0 Å². The van der Waals surface area contributed by atoms with Crippen molar-refractivity contribution in [1.29, 1.82) is 0 Å². The molecule has 0 radical (unpaired) electrons. The lowest BCUT2D eigenvalue weighted by atomic mass is 9.96. The number of rotatable bonds is 8. The second-order valence-electron chi connectivity index (χ2n) is 4.65. The number of likely N-dealkylation sites (N-methyl/N-ethyl adjacent to an activating group) is 1. The Labute approximate surface area is 115 Å². The van der Waals surface area contributed by atoms with Crippen LogP contribution < -0.4 is 10.1 Å². The minimum Gasteiger partial charge on any atom is -0.480 e. The number of hydrogen-bond donors (Lipinski definition) is 1. The molecule has 2 atom stereocenters. The highest BCUT2D eigenvalue weighted by Crippen LogP contribution is 2.28. The first-order valence-corrected chi connectivity index (χ1v) is 6.85. The van der Waals surface area contributed by atoms with Crippen LogP contribution in [0.2, 0.25) is 0 Å². The van der Waals surface area contributed by atoms with Gasteiger partial charge < -0.3 is 14.8 Å². The molecule has 1 rings (SSSR count). The third-order valence-electron chi connectivity index (χ3n) is 2.95. The second kappa shape index (κ2) is 8.07. The highest BCUT2D eigenvalue weighted by Gasteiger charge is 2.29. The van der Waals surface area contributed by atoms with E-state index in [1.165, 1.54) is 0 Å². The molecule has 0 aliphatic rings. The summed E-state index contributed by atoms with van der Waals surface area (Å²) in [6.07, 6.45) is 3.36. The highest BCUT2D eigenvalue weighted by molar-refractivity contribution is 5.22. The zero-order valence-corrected chi connectivity index (χ0v) is 12.5. The van der Waals surface area contributed by atoms with Gasteiger partial charge in [-0.05, 0) is 19.4 Å². The van der Waals surface area contributed by atoms with Gasteiger partial charge in [0.1, 0.15) is 5.69 Å². The van der Waals surface area contributed by atoms with E-state index in [0.29, 0.717) is 18.4 Å². The Kier molecular flexibility index (Phi) is 6.73. The highest BCUT2D eigenvalue weighted by atomic mass is 16.5. The Morgan fingerprint density at radius 1 is 1.21 bits per heavy atom. The number of nitrogens with zero attached hydrogens (tertiary/aromatic N) is 2. The summed E-state index contributed by atoms with van der Waals surface area (Å²) in [6, 6.07) is -0.0198. The van der Waals surface area contributed by atoms with Crippen LogP contribution >= 0.6 is 0 Å². The van der Waals surface area contributed by atoms with E-state index in [2.05, 4.69) is 36.1 Å². The van der Waals surface area contributed by atoms with Crippen LogP contribution in [0.3, 0.4) is 0 Å². The molecule has 0 saturated heterocycles. The molecule has 0 bridgehead atoms. The molecule has 0 aliphatic heterocycles. The van der Waals surface area contributed by atoms with Crippen molar-refractivity contribution in [2.75, 3.05) is 20.3 Å². The van der Waals surface area contributed by atoms with Crippen molar-refractivity contribution in [1.82, 2.24) is 15.3 Å². The summed E-state index contributed by atoms with van der Waals surface area (Å²) >= 11 is 0. The van der Waals surface area contributed by atoms with E-state index in [0.717, 1.165) is 12.2 Å². The third kappa shape index (κ3) is 4.14. The molecule has 0 amide bonds. The maximum atomic E-state index is 5.89. The molecule has 5 nitrogen and oxygen atoms in total. The molecule has 1 heterocycles. The first-order chi connectivity index (χ1) is 9.15. The molecular formula is C14H25N3O2. The van der Waals surface area contributed by atoms with Crippen LogP contribution in [0, 0.1) is 5.92 Å². The van der Waals surface area contributed by atoms with Crippen LogP contribution in [0.25, 0.3) is 0 Å². The maximum Gasteiger partial charge on any atom is 0.237 e. The van der Waals surface area contributed by atoms with Gasteiger partial charge in [0, 0.05) is 19.0 Å². The fraction of sp³-hybridized carbons (Fsp3) is 0.714. The Morgan fingerprint density at radius 2 is 1.89 bits per heavy atom. The van der Waals surface area contributed by atoms with E-state index in [4.69, 9.17) is 9.47 Å². The fourth-order valence-electron chi connectivity index (χ4n) is 2.16. The van der Waals surface area contributed by atoms with Crippen LogP contribution in [0.15, 0.2) is 12.4 Å². The van der Waals surface area contributed by atoms with E-state index in [1.54, 1.807) is 19.5 Å². The number of ether oxygens (including phenoxy) is 2. The van der Waals surface area contributed by atoms with Crippen LogP contribution in [-0.4, -0.2) is 36.3 Å². The average Bonchev–Trinajstić information content (AvgIpc) is 2.42. The Hall–Kier alpha value is -1.20. The molecule has 2 unspecified atom stereocenters. The van der Waals surface area contributed by atoms with E-state index >= 15 is 0 Å². The molecule has 108 valence electrons. The quantitative estimate of drug-likeness (QED) is 0.782. The number of aromatic nitrogens is 2. The average molecular weight is 267 g/mol. The summed E-state index contributed by atoms with van der Waals surface area (Å²) in [7, 11) is 1.61. The van der Waals surface area contributed by atoms with E-state index in [9.17, 15) is 0 Å². The van der Waals surface area contributed by atoms with Crippen molar-refractivity contribution >= 4 is 0 Å². The van der Waals surface area contributed by atoms with E-state index in [-0.39, 0.29) is 12.1 Å². The first kappa shape index (κ1) is 15.9. The Balaban J connectivity index is 3.09. The summed E-state index contributed by atoms with van der Waals surface area (Å²) in [5.74, 6) is 0.925. The van der Waals surface area contributed by atoms with Gasteiger partial charge in [-0.1, -0.05) is 20.8 Å². The lowest BCUT2D eigenvalue weighted by molar-refractivity contribution is 0.00146. The molecule has 0 aromatic carbocycles. The Bertz CT molecular complexity index is 371. The van der Waals surface area contributed by atoms with E-state index < -0.39 is 0 Å². The number of nitrogens with one attached hydrogen (secondary N) is 1. The van der Waals surface area contributed by atoms with Gasteiger partial charge >= 0.3 is 0 Å². The number of hydrogen-bond acceptors (Lipinski definition) is 5. The standard InChI is InChI=1S/C14H25N3O2/c1-6-15-11(13(10(3)4)19-7-2)12-14(18-5)17-9-8-16-12/h8-11,13,15H,6-7H2,1-5H3. The van der Waals surface area contributed by atoms with Crippen molar-refractivity contribution in [3.05, 3.63) is 18.1 Å². The van der Waals surface area contributed by atoms with Crippen LogP contribution in [0.4, 0.5) is 0 Å². The van der Waals surface area contributed by atoms with Gasteiger partial charge in [0.05, 0.1) is 19.3 Å². The number of methoxy groups -OCH3 is 1. The van der Waals surface area contributed by atoms with Crippen molar-refractivity contribution in [3.63, 3.8) is 0 Å². The van der Waals surface area contributed by atoms with Crippen molar-refractivity contribution in [3.8, 4) is 5.88 Å². The minimum atomic E-state index is -0.0198. The van der Waals surface area contributed by atoms with Gasteiger partial charge in [-0.25, -0.2) is 4.98 Å². The molecule has 19 heavy (non-hydrogen) atoms. The molecule has 1 aromatic rings. The summed E-state index contributed by atoms with van der Waals surface area (Å²) in [4.78, 5) is 8.65. The lowest BCUT2D eigenvalue weighted by Gasteiger charge is -2.30. The molecule has 0 aliphatic carbocycles. The predicted octanol–water partition coefficient (Wildman–Crippen LogP) is 2.20. The van der Waals surface area contributed by atoms with Gasteiger partial charge in [-0.3, -0.25) is 4.98 Å². The third-order valence-corrected chi connectivity index (χ3v) is 2.95. The van der Waals surface area contributed by atoms with Crippen LogP contribution in [0.5, 0.6) is 5.88 Å². The zero-order chi connectivity index (χ0) is 14.3. The lowest BCUT2D eigenvalue weighted by Crippen LogP contribution is -2.38. The van der Waals surface area contributed by atoms with Gasteiger partial charge in [-0.15, -0.1) is 0 Å². The molecule has 0 spiro atoms. The molecular weight excluding hydrogens is 242 g/mol. The van der Waals surface area contributed by atoms with Crippen molar-refractivity contribution in [2.24, 2.45) is 5.92 Å². The molecule has 0 saturated carbocycles. The molecule has 1 aromatic heterocycles. The van der Waals surface area contributed by atoms with Crippen LogP contribution in [-0.2, 0) is 4.74 Å². The van der Waals surface area contributed by atoms with Gasteiger partial charge in [0.15, 0.2) is 0 Å². The van der Waals surface area contributed by atoms with Crippen LogP contribution in [0.1, 0.15) is 39.4 Å². The molecule has 1 N–H and O–H groups in total. The first-order valence-electron chi connectivity index (χ1n) is 6.85. The second-order valence-corrected chi connectivity index (χ2v) is 4.65. The monoisotopic (exact) mass is 267 g/mol. The largest absolute Gasteiger partial charge is 0.480 e. The van der Waals surface area contributed by atoms with Gasteiger partial charge in [0.2, 0.25) is 5.88 Å². The summed E-state index contributed by atoms with van der Waals surface area (Å²) in [5, 5.41) is 3.43. The summed E-state index contributed by atoms with van der Waals surface area (Å²) in [5.41, 5.74) is 0.805. The SMILES string of the molecule is CCNC(c1nccnc1OC)C(OCC)C(C)C. The fourth-order valence-corrected chi connectivity index (χ4v) is 2.16. The van der Waals surface area contributed by atoms with E-state index in [1.807, 2.05) is 6.92 Å². The van der Waals surface area contributed by atoms with Gasteiger partial charge in [0.25, 0.3) is 0 Å². The molecule has 5 heteroatoms. The summed E-state index contributed by atoms with van der Waals surface area (Å²) < 4.78 is 11.2. The van der Waals surface area contributed by atoms with Crippen molar-refractivity contribution < 1.29 is 9.47 Å². The zero-order valence-electron chi connectivity index (χ0n) is 12.5. The van der Waals surface area contributed by atoms with Crippen molar-refractivity contribution in [2.45, 2.75) is 39.8 Å². The topological polar surface area (TPSA) is 56.3 Å². The molecule has 0 fully saturated rings. The maximum absolute atomic E-state index is 5.89. The minimum absolute atomic E-state index is 0.0198. The Morgan fingerprint density at radius 3 is 2.42 bits per heavy atom. The summed E-state index contributed by atoms with van der Waals surface area (Å²) in [6.45, 7) is 9.88. The smallest absolute Gasteiger partial charge is 0.237 e.